The van der Waals surface area contributed by atoms with Crippen molar-refractivity contribution < 1.29 is 14.2 Å². The number of aryl methyl sites for hydroxylation is 2. The Morgan fingerprint density at radius 2 is 1.85 bits per heavy atom. The molecule has 1 aromatic carbocycles. The molecule has 1 aliphatic heterocycles. The monoisotopic (exact) mass is 376 g/mol. The maximum atomic E-state index is 6.36. The molecule has 0 saturated carbocycles. The normalized spacial score (nSPS) is 23.8. The third-order valence-electron chi connectivity index (χ3n) is 6.50. The fraction of sp³-hybridized carbons (Fsp3) is 0.750. The van der Waals surface area contributed by atoms with Gasteiger partial charge in [0.1, 0.15) is 0 Å². The molecule has 0 radical (unpaired) electrons. The molecule has 0 spiro atoms. The average molecular weight is 377 g/mol. The number of hydrogen-bond acceptors (Lipinski definition) is 3. The molecule has 0 aliphatic carbocycles. The second-order valence-electron chi connectivity index (χ2n) is 9.19. The molecule has 0 aromatic heterocycles. The van der Waals surface area contributed by atoms with Gasteiger partial charge in [-0.2, -0.15) is 0 Å². The molecular weight excluding hydrogens is 336 g/mol. The summed E-state index contributed by atoms with van der Waals surface area (Å²) in [4.78, 5) is 0. The van der Waals surface area contributed by atoms with Crippen LogP contribution < -0.4 is 0 Å². The van der Waals surface area contributed by atoms with Crippen LogP contribution in [-0.4, -0.2) is 25.1 Å². The lowest BCUT2D eigenvalue weighted by Crippen LogP contribution is -2.48. The second-order valence-corrected chi connectivity index (χ2v) is 9.19. The third-order valence-corrected chi connectivity index (χ3v) is 6.50. The zero-order valence-electron chi connectivity index (χ0n) is 18.7. The fourth-order valence-electron chi connectivity index (χ4n) is 3.76. The van der Waals surface area contributed by atoms with Crippen LogP contribution in [-0.2, 0) is 20.8 Å². The van der Waals surface area contributed by atoms with E-state index in [2.05, 4.69) is 67.5 Å². The molecule has 0 N–H and O–H groups in total. The number of benzene rings is 1. The first-order valence-electron chi connectivity index (χ1n) is 10.6. The summed E-state index contributed by atoms with van der Waals surface area (Å²) in [6, 6.07) is 4.44. The molecule has 0 bridgehead atoms. The summed E-state index contributed by atoms with van der Waals surface area (Å²) in [6.07, 6.45) is 3.40. The zero-order chi connectivity index (χ0) is 20.2. The van der Waals surface area contributed by atoms with Crippen LogP contribution in [0, 0.1) is 32.1 Å². The Morgan fingerprint density at radius 3 is 2.48 bits per heavy atom. The van der Waals surface area contributed by atoms with E-state index in [0.29, 0.717) is 19.1 Å². The maximum absolute atomic E-state index is 6.36. The number of rotatable bonds is 8. The molecule has 3 heteroatoms. The van der Waals surface area contributed by atoms with Gasteiger partial charge in [-0.05, 0) is 55.2 Å². The van der Waals surface area contributed by atoms with Gasteiger partial charge in [-0.15, -0.1) is 0 Å². The Balaban J connectivity index is 2.00. The van der Waals surface area contributed by atoms with Crippen LogP contribution in [0.4, 0.5) is 0 Å². The molecule has 3 nitrogen and oxygen atoms in total. The van der Waals surface area contributed by atoms with Gasteiger partial charge in [0.05, 0.1) is 25.4 Å². The molecule has 1 heterocycles. The van der Waals surface area contributed by atoms with Crippen LogP contribution in [0.15, 0.2) is 12.1 Å². The summed E-state index contributed by atoms with van der Waals surface area (Å²) in [6.45, 7) is 19.0. The number of ether oxygens (including phenoxy) is 3. The second kappa shape index (κ2) is 9.54. The van der Waals surface area contributed by atoms with Crippen molar-refractivity contribution in [3.8, 4) is 0 Å². The van der Waals surface area contributed by atoms with Crippen molar-refractivity contribution in [2.75, 3.05) is 6.61 Å². The van der Waals surface area contributed by atoms with Gasteiger partial charge in [0.25, 0.3) is 0 Å². The summed E-state index contributed by atoms with van der Waals surface area (Å²) in [5.74, 6) is 0.558. The van der Waals surface area contributed by atoms with Crippen molar-refractivity contribution in [3.63, 3.8) is 0 Å². The molecular formula is C24H40O3. The van der Waals surface area contributed by atoms with Crippen molar-refractivity contribution in [2.45, 2.75) is 99.8 Å². The summed E-state index contributed by atoms with van der Waals surface area (Å²) < 4.78 is 18.6. The Morgan fingerprint density at radius 1 is 1.15 bits per heavy atom. The highest BCUT2D eigenvalue weighted by Gasteiger charge is 2.40. The highest BCUT2D eigenvalue weighted by atomic mass is 16.7. The van der Waals surface area contributed by atoms with Crippen LogP contribution in [0.1, 0.15) is 76.1 Å². The Kier molecular flexibility index (Phi) is 7.91. The molecule has 1 aromatic rings. The van der Waals surface area contributed by atoms with Gasteiger partial charge in [-0.3, -0.25) is 0 Å². The number of hydrogen-bond donors (Lipinski definition) is 0. The van der Waals surface area contributed by atoms with Crippen molar-refractivity contribution in [1.29, 1.82) is 0 Å². The average Bonchev–Trinajstić information content (AvgIpc) is 2.59. The quantitative estimate of drug-likeness (QED) is 0.548. The fourth-order valence-corrected chi connectivity index (χ4v) is 3.76. The summed E-state index contributed by atoms with van der Waals surface area (Å²) in [7, 11) is 0. The van der Waals surface area contributed by atoms with E-state index in [9.17, 15) is 0 Å². The van der Waals surface area contributed by atoms with Gasteiger partial charge in [0.2, 0.25) is 0 Å². The van der Waals surface area contributed by atoms with Crippen LogP contribution in [0.25, 0.3) is 0 Å². The molecule has 1 aliphatic rings. The van der Waals surface area contributed by atoms with Crippen LogP contribution in [0.3, 0.4) is 0 Å². The van der Waals surface area contributed by atoms with E-state index in [-0.39, 0.29) is 23.9 Å². The molecule has 2 rings (SSSR count). The van der Waals surface area contributed by atoms with Gasteiger partial charge in [-0.25, -0.2) is 0 Å². The molecule has 1 saturated heterocycles. The van der Waals surface area contributed by atoms with Gasteiger partial charge < -0.3 is 14.2 Å². The van der Waals surface area contributed by atoms with Crippen LogP contribution in [0.5, 0.6) is 0 Å². The SMILES string of the molecule is CCCC1CC(C(C)(C)C(C)C)OC(COCc2cc(C)cc(C)c2C)O1. The maximum Gasteiger partial charge on any atom is 0.181 e. The predicted molar refractivity (Wildman–Crippen MR) is 112 cm³/mol. The standard InChI is InChI=1S/C24H40O3/c1-9-10-21-13-22(24(7,8)16(2)3)27-23(26-21)15-25-14-20-12-17(4)11-18(5)19(20)6/h11-12,16,21-23H,9-10,13-15H2,1-8H3. The lowest BCUT2D eigenvalue weighted by molar-refractivity contribution is -0.282. The lowest BCUT2D eigenvalue weighted by atomic mass is 9.74. The largest absolute Gasteiger partial charge is 0.371 e. The van der Waals surface area contributed by atoms with E-state index >= 15 is 0 Å². The van der Waals surface area contributed by atoms with Crippen molar-refractivity contribution in [3.05, 3.63) is 34.4 Å². The molecule has 3 atom stereocenters. The minimum atomic E-state index is -0.274. The molecule has 3 unspecified atom stereocenters. The lowest BCUT2D eigenvalue weighted by Gasteiger charge is -2.45. The van der Waals surface area contributed by atoms with E-state index in [1.165, 1.54) is 22.3 Å². The third kappa shape index (κ3) is 5.79. The van der Waals surface area contributed by atoms with E-state index < -0.39 is 0 Å². The van der Waals surface area contributed by atoms with Crippen molar-refractivity contribution >= 4 is 0 Å². The van der Waals surface area contributed by atoms with Crippen LogP contribution in [0.2, 0.25) is 0 Å². The van der Waals surface area contributed by atoms with E-state index in [4.69, 9.17) is 14.2 Å². The highest BCUT2D eigenvalue weighted by molar-refractivity contribution is 5.36. The minimum absolute atomic E-state index is 0.123. The molecule has 154 valence electrons. The highest BCUT2D eigenvalue weighted by Crippen LogP contribution is 2.39. The summed E-state index contributed by atoms with van der Waals surface area (Å²) in [5, 5.41) is 0. The first kappa shape index (κ1) is 22.4. The first-order valence-corrected chi connectivity index (χ1v) is 10.6. The predicted octanol–water partition coefficient (Wildman–Crippen LogP) is 6.11. The van der Waals surface area contributed by atoms with Gasteiger partial charge >= 0.3 is 0 Å². The van der Waals surface area contributed by atoms with Crippen molar-refractivity contribution in [1.82, 2.24) is 0 Å². The van der Waals surface area contributed by atoms with E-state index in [0.717, 1.165) is 19.3 Å². The van der Waals surface area contributed by atoms with E-state index in [1.54, 1.807) is 0 Å². The molecule has 27 heavy (non-hydrogen) atoms. The summed E-state index contributed by atoms with van der Waals surface area (Å²) in [5.41, 5.74) is 5.29. The topological polar surface area (TPSA) is 27.7 Å². The van der Waals surface area contributed by atoms with Gasteiger partial charge in [-0.1, -0.05) is 58.7 Å². The first-order chi connectivity index (χ1) is 12.6. The Hall–Kier alpha value is -0.900. The smallest absolute Gasteiger partial charge is 0.181 e. The molecule has 1 fully saturated rings. The minimum Gasteiger partial charge on any atom is -0.371 e. The summed E-state index contributed by atoms with van der Waals surface area (Å²) >= 11 is 0. The zero-order valence-corrected chi connectivity index (χ0v) is 18.7. The van der Waals surface area contributed by atoms with Crippen molar-refractivity contribution in [2.24, 2.45) is 11.3 Å². The Labute approximate surface area is 166 Å². The van der Waals surface area contributed by atoms with Gasteiger partial charge in [0.15, 0.2) is 6.29 Å². The van der Waals surface area contributed by atoms with E-state index in [1.807, 2.05) is 0 Å². The molecule has 0 amide bonds. The van der Waals surface area contributed by atoms with Crippen LogP contribution >= 0.6 is 0 Å². The van der Waals surface area contributed by atoms with Gasteiger partial charge in [0, 0.05) is 6.42 Å². The Bertz CT molecular complexity index is 606.